The van der Waals surface area contributed by atoms with E-state index in [4.69, 9.17) is 4.18 Å². The molecular weight excluding hydrogens is 425 g/mol. The van der Waals surface area contributed by atoms with E-state index in [1.807, 2.05) is 23.6 Å². The van der Waals surface area contributed by atoms with Crippen LogP contribution in [0.3, 0.4) is 0 Å². The molecule has 0 bridgehead atoms. The molecule has 1 aliphatic rings. The summed E-state index contributed by atoms with van der Waals surface area (Å²) in [6.07, 6.45) is 2.24. The van der Waals surface area contributed by atoms with Crippen LogP contribution in [-0.2, 0) is 16.7 Å². The summed E-state index contributed by atoms with van der Waals surface area (Å²) in [6.45, 7) is 1.04. The molecule has 0 atom stereocenters. The van der Waals surface area contributed by atoms with Gasteiger partial charge in [-0.25, -0.2) is 4.39 Å². The molecule has 1 aliphatic carbocycles. The Hall–Kier alpha value is -2.71. The van der Waals surface area contributed by atoms with E-state index in [0.717, 1.165) is 42.7 Å². The maximum Gasteiger partial charge on any atom is 0.339 e. The highest BCUT2D eigenvalue weighted by molar-refractivity contribution is 7.87. The lowest BCUT2D eigenvalue weighted by atomic mass is 10.2. The van der Waals surface area contributed by atoms with Gasteiger partial charge in [0, 0.05) is 13.1 Å². The van der Waals surface area contributed by atoms with E-state index >= 15 is 0 Å². The summed E-state index contributed by atoms with van der Waals surface area (Å²) in [7, 11) is -4.08. The fraction of sp³-hybridized carbons (Fsp3) is 0.227. The minimum atomic E-state index is -4.08. The van der Waals surface area contributed by atoms with E-state index in [9.17, 15) is 17.6 Å². The van der Waals surface area contributed by atoms with Crippen LogP contribution in [-0.4, -0.2) is 25.8 Å². The third kappa shape index (κ3) is 5.06. The molecule has 30 heavy (non-hydrogen) atoms. The average molecular weight is 446 g/mol. The Morgan fingerprint density at radius 3 is 2.53 bits per heavy atom. The number of carbonyl (C=O) groups is 1. The van der Waals surface area contributed by atoms with Crippen LogP contribution in [0.15, 0.2) is 70.9 Å². The lowest BCUT2D eigenvalue weighted by Gasteiger charge is -2.22. The van der Waals surface area contributed by atoms with E-state index in [1.165, 1.54) is 17.4 Å². The number of thiophene rings is 1. The van der Waals surface area contributed by atoms with Crippen molar-refractivity contribution in [1.29, 1.82) is 0 Å². The topological polar surface area (TPSA) is 63.7 Å². The fourth-order valence-electron chi connectivity index (χ4n) is 3.08. The molecule has 156 valence electrons. The van der Waals surface area contributed by atoms with E-state index in [-0.39, 0.29) is 16.6 Å². The second-order valence-corrected chi connectivity index (χ2v) is 9.74. The Morgan fingerprint density at radius 1 is 1.10 bits per heavy atom. The van der Waals surface area contributed by atoms with Crippen molar-refractivity contribution in [3.63, 3.8) is 0 Å². The second-order valence-electron chi connectivity index (χ2n) is 7.25. The van der Waals surface area contributed by atoms with Crippen molar-refractivity contribution in [3.8, 4) is 5.75 Å². The predicted molar refractivity (Wildman–Crippen MR) is 112 cm³/mol. The first kappa shape index (κ1) is 20.6. The average Bonchev–Trinajstić information content (AvgIpc) is 3.36. The van der Waals surface area contributed by atoms with Gasteiger partial charge in [-0.1, -0.05) is 18.2 Å². The number of hydrogen-bond donors (Lipinski definition) is 0. The number of nitrogens with zero attached hydrogens (tertiary/aromatic N) is 1. The molecule has 4 rings (SSSR count). The van der Waals surface area contributed by atoms with Gasteiger partial charge in [0.15, 0.2) is 0 Å². The highest BCUT2D eigenvalue weighted by Crippen LogP contribution is 2.31. The molecule has 0 spiro atoms. The standard InChI is InChI=1S/C22H20FNO4S2/c23-18-8-10-20(11-9-18)30(26,27)28-19-4-1-3-17(13-19)15-24(14-16-6-7-16)22(25)21-5-2-12-29-21/h1-5,8-13,16H,6-7,14-15H2. The predicted octanol–water partition coefficient (Wildman–Crippen LogP) is 4.71. The molecule has 1 amide bonds. The third-order valence-electron chi connectivity index (χ3n) is 4.77. The van der Waals surface area contributed by atoms with Crippen LogP contribution in [0.4, 0.5) is 4.39 Å². The van der Waals surface area contributed by atoms with E-state index < -0.39 is 15.9 Å². The zero-order valence-corrected chi connectivity index (χ0v) is 17.7. The van der Waals surface area contributed by atoms with Crippen LogP contribution in [0.5, 0.6) is 5.75 Å². The molecule has 8 heteroatoms. The first-order chi connectivity index (χ1) is 14.4. The van der Waals surface area contributed by atoms with Gasteiger partial charge < -0.3 is 9.08 Å². The van der Waals surface area contributed by atoms with Gasteiger partial charge in [0.05, 0.1) is 4.88 Å². The Labute approximate surface area is 178 Å². The van der Waals surface area contributed by atoms with Gasteiger partial charge >= 0.3 is 10.1 Å². The summed E-state index contributed by atoms with van der Waals surface area (Å²) in [5.41, 5.74) is 0.771. The van der Waals surface area contributed by atoms with Gasteiger partial charge in [0.2, 0.25) is 0 Å². The second kappa shape index (κ2) is 8.57. The van der Waals surface area contributed by atoms with Crippen LogP contribution in [0.1, 0.15) is 28.1 Å². The zero-order valence-electron chi connectivity index (χ0n) is 16.0. The SMILES string of the molecule is O=C(c1cccs1)N(Cc1cccc(OS(=O)(=O)c2ccc(F)cc2)c1)CC1CC1. The van der Waals surface area contributed by atoms with Gasteiger partial charge in [0.1, 0.15) is 16.5 Å². The molecule has 2 aromatic carbocycles. The Morgan fingerprint density at radius 2 is 1.87 bits per heavy atom. The monoisotopic (exact) mass is 445 g/mol. The maximum atomic E-state index is 13.1. The Kier molecular flexibility index (Phi) is 5.87. The number of amides is 1. The van der Waals surface area contributed by atoms with Crippen molar-refractivity contribution in [1.82, 2.24) is 4.90 Å². The van der Waals surface area contributed by atoms with Gasteiger partial charge in [-0.2, -0.15) is 8.42 Å². The van der Waals surface area contributed by atoms with Crippen LogP contribution in [0, 0.1) is 11.7 Å². The molecule has 0 N–H and O–H groups in total. The van der Waals surface area contributed by atoms with Crippen molar-refractivity contribution in [2.24, 2.45) is 5.92 Å². The van der Waals surface area contributed by atoms with Crippen molar-refractivity contribution in [2.45, 2.75) is 24.3 Å². The molecule has 0 saturated heterocycles. The highest BCUT2D eigenvalue weighted by Gasteiger charge is 2.28. The Balaban J connectivity index is 1.51. The number of halogens is 1. The quantitative estimate of drug-likeness (QED) is 0.471. The minimum Gasteiger partial charge on any atom is -0.379 e. The van der Waals surface area contributed by atoms with Gasteiger partial charge in [-0.05, 0) is 72.2 Å². The highest BCUT2D eigenvalue weighted by atomic mass is 32.2. The first-order valence-corrected chi connectivity index (χ1v) is 11.8. The molecule has 5 nitrogen and oxygen atoms in total. The summed E-state index contributed by atoms with van der Waals surface area (Å²) in [4.78, 5) is 15.2. The van der Waals surface area contributed by atoms with Gasteiger partial charge in [-0.15, -0.1) is 11.3 Å². The minimum absolute atomic E-state index is 0.0258. The number of hydrogen-bond acceptors (Lipinski definition) is 5. The fourth-order valence-corrected chi connectivity index (χ4v) is 4.69. The lowest BCUT2D eigenvalue weighted by Crippen LogP contribution is -2.32. The molecule has 1 aromatic heterocycles. The van der Waals surface area contributed by atoms with Crippen molar-refractivity contribution in [3.05, 3.63) is 82.3 Å². The van der Waals surface area contributed by atoms with Crippen LogP contribution < -0.4 is 4.18 Å². The summed E-state index contributed by atoms with van der Waals surface area (Å²) in [6, 6.07) is 14.8. The molecule has 0 radical (unpaired) electrons. The number of benzene rings is 2. The molecule has 0 unspecified atom stereocenters. The van der Waals surface area contributed by atoms with Crippen LogP contribution >= 0.6 is 11.3 Å². The molecule has 1 heterocycles. The normalized spacial score (nSPS) is 13.8. The molecule has 3 aromatic rings. The van der Waals surface area contributed by atoms with Crippen LogP contribution in [0.2, 0.25) is 0 Å². The molecular formula is C22H20FNO4S2. The molecule has 0 aliphatic heterocycles. The van der Waals surface area contributed by atoms with Gasteiger partial charge in [0.25, 0.3) is 5.91 Å². The molecule has 1 fully saturated rings. The van der Waals surface area contributed by atoms with Crippen LogP contribution in [0.25, 0.3) is 0 Å². The van der Waals surface area contributed by atoms with E-state index in [1.54, 1.807) is 17.0 Å². The Bertz CT molecular complexity index is 1120. The van der Waals surface area contributed by atoms with Crippen molar-refractivity contribution in [2.75, 3.05) is 6.54 Å². The van der Waals surface area contributed by atoms with Crippen molar-refractivity contribution < 1.29 is 21.8 Å². The van der Waals surface area contributed by atoms with E-state index in [2.05, 4.69) is 0 Å². The maximum absolute atomic E-state index is 13.1. The third-order valence-corrected chi connectivity index (χ3v) is 6.89. The smallest absolute Gasteiger partial charge is 0.339 e. The largest absolute Gasteiger partial charge is 0.379 e. The van der Waals surface area contributed by atoms with E-state index in [0.29, 0.717) is 23.9 Å². The lowest BCUT2D eigenvalue weighted by molar-refractivity contribution is 0.0739. The van der Waals surface area contributed by atoms with Gasteiger partial charge in [-0.3, -0.25) is 4.79 Å². The van der Waals surface area contributed by atoms with Crippen molar-refractivity contribution >= 4 is 27.4 Å². The summed E-state index contributed by atoms with van der Waals surface area (Å²) >= 11 is 1.41. The first-order valence-electron chi connectivity index (χ1n) is 9.52. The molecule has 1 saturated carbocycles. The summed E-state index contributed by atoms with van der Waals surface area (Å²) in [5.74, 6) is 0.114. The summed E-state index contributed by atoms with van der Waals surface area (Å²) in [5, 5.41) is 1.87. The number of rotatable bonds is 8. The zero-order chi connectivity index (χ0) is 21.1. The summed E-state index contributed by atoms with van der Waals surface area (Å²) < 4.78 is 43.2. The number of carbonyl (C=O) groups excluding carboxylic acids is 1.